The number of hydrogen-bond donors (Lipinski definition) is 2. The van der Waals surface area contributed by atoms with Crippen LogP contribution < -0.4 is 5.32 Å². The first-order chi connectivity index (χ1) is 11.9. The van der Waals surface area contributed by atoms with E-state index in [0.29, 0.717) is 34.6 Å². The van der Waals surface area contributed by atoms with Gasteiger partial charge in [-0.15, -0.1) is 0 Å². The normalized spacial score (nSPS) is 11.0. The number of anilines is 1. The molecule has 0 aliphatic carbocycles. The molecule has 128 valence electrons. The van der Waals surface area contributed by atoms with Gasteiger partial charge in [-0.05, 0) is 36.2 Å². The van der Waals surface area contributed by atoms with Crippen LogP contribution in [0.4, 0.5) is 10.1 Å². The van der Waals surface area contributed by atoms with Crippen molar-refractivity contribution in [1.29, 1.82) is 0 Å². The fourth-order valence-corrected chi connectivity index (χ4v) is 2.53. The van der Waals surface area contributed by atoms with Crippen molar-refractivity contribution >= 4 is 22.6 Å². The van der Waals surface area contributed by atoms with E-state index in [4.69, 9.17) is 5.11 Å². The summed E-state index contributed by atoms with van der Waals surface area (Å²) in [5.74, 6) is -1.16. The molecule has 0 saturated heterocycles. The summed E-state index contributed by atoms with van der Waals surface area (Å²) in [5.41, 5.74) is 2.80. The van der Waals surface area contributed by atoms with Crippen molar-refractivity contribution in [2.24, 2.45) is 5.92 Å². The molecule has 0 aliphatic rings. The number of fused-ring (bicyclic) bond motifs is 1. The molecule has 6 heteroatoms. The second-order valence-electron chi connectivity index (χ2n) is 6.24. The Kier molecular flexibility index (Phi) is 4.61. The van der Waals surface area contributed by atoms with Crippen molar-refractivity contribution in [3.63, 3.8) is 0 Å². The first kappa shape index (κ1) is 16.8. The third kappa shape index (κ3) is 3.74. The molecule has 2 aromatic heterocycles. The zero-order chi connectivity index (χ0) is 18.0. The van der Waals surface area contributed by atoms with Gasteiger partial charge in [0.25, 0.3) is 0 Å². The van der Waals surface area contributed by atoms with Crippen LogP contribution in [-0.2, 0) is 0 Å². The molecule has 3 aromatic rings. The lowest BCUT2D eigenvalue weighted by Gasteiger charge is -2.15. The maximum absolute atomic E-state index is 13.5. The lowest BCUT2D eigenvalue weighted by molar-refractivity contribution is 0.0697. The number of nitrogens with zero attached hydrogens (tertiary/aromatic N) is 2. The van der Waals surface area contributed by atoms with Crippen LogP contribution in [0.25, 0.3) is 22.2 Å². The van der Waals surface area contributed by atoms with Gasteiger partial charge in [0.15, 0.2) is 0 Å². The average molecular weight is 339 g/mol. The molecule has 0 unspecified atom stereocenters. The zero-order valence-corrected chi connectivity index (χ0v) is 14.0. The maximum atomic E-state index is 13.5. The number of carboxylic acid groups (broad SMARTS) is 1. The van der Waals surface area contributed by atoms with Crippen LogP contribution in [0.2, 0.25) is 0 Å². The van der Waals surface area contributed by atoms with Gasteiger partial charge in [-0.2, -0.15) is 4.39 Å². The largest absolute Gasteiger partial charge is 0.478 e. The summed E-state index contributed by atoms with van der Waals surface area (Å²) in [4.78, 5) is 19.4. The number of carbonyl (C=O) groups is 1. The number of halogens is 1. The summed E-state index contributed by atoms with van der Waals surface area (Å²) in [6.45, 7) is 4.87. The summed E-state index contributed by atoms with van der Waals surface area (Å²) in [7, 11) is 0. The highest BCUT2D eigenvalue weighted by Crippen LogP contribution is 2.30. The highest BCUT2D eigenvalue weighted by Gasteiger charge is 2.12. The van der Waals surface area contributed by atoms with E-state index in [1.807, 2.05) is 6.07 Å². The molecular formula is C19H18FN3O2. The Hall–Kier alpha value is -3.02. The molecule has 1 aromatic carbocycles. The number of aromatic nitrogens is 2. The number of rotatable bonds is 5. The van der Waals surface area contributed by atoms with Gasteiger partial charge in [-0.3, -0.25) is 0 Å². The second kappa shape index (κ2) is 6.84. The van der Waals surface area contributed by atoms with Gasteiger partial charge >= 0.3 is 5.97 Å². The Morgan fingerprint density at radius 3 is 2.72 bits per heavy atom. The van der Waals surface area contributed by atoms with Crippen molar-refractivity contribution < 1.29 is 14.3 Å². The molecular weight excluding hydrogens is 321 g/mol. The minimum absolute atomic E-state index is 0.201. The van der Waals surface area contributed by atoms with Gasteiger partial charge in [0.1, 0.15) is 0 Å². The van der Waals surface area contributed by atoms with Crippen molar-refractivity contribution in [2.75, 3.05) is 11.9 Å². The molecule has 2 N–H and O–H groups in total. The molecule has 0 atom stereocenters. The molecule has 5 nitrogen and oxygen atoms in total. The van der Waals surface area contributed by atoms with Crippen LogP contribution in [0, 0.1) is 11.9 Å². The summed E-state index contributed by atoms with van der Waals surface area (Å²) < 4.78 is 13.5. The van der Waals surface area contributed by atoms with E-state index in [1.165, 1.54) is 18.3 Å². The Morgan fingerprint density at radius 2 is 2.04 bits per heavy atom. The van der Waals surface area contributed by atoms with Crippen molar-refractivity contribution in [2.45, 2.75) is 13.8 Å². The van der Waals surface area contributed by atoms with Gasteiger partial charge < -0.3 is 10.4 Å². The molecule has 0 amide bonds. The standard InChI is InChI=1S/C19H18FN3O2/c1-11(2)10-22-16-8-14-7-13(19(24)25)3-4-15(14)23-18(16)12-5-6-21-17(20)9-12/h3-9,11,22H,10H2,1-2H3,(H,24,25). The third-order valence-electron chi connectivity index (χ3n) is 3.76. The fraction of sp³-hybridized carbons (Fsp3) is 0.211. The Bertz CT molecular complexity index is 941. The van der Waals surface area contributed by atoms with E-state index in [0.717, 1.165) is 5.69 Å². The summed E-state index contributed by atoms with van der Waals surface area (Å²) in [5, 5.41) is 13.2. The molecule has 2 heterocycles. The van der Waals surface area contributed by atoms with Crippen LogP contribution in [-0.4, -0.2) is 27.6 Å². The van der Waals surface area contributed by atoms with E-state index in [1.54, 1.807) is 18.2 Å². The Morgan fingerprint density at radius 1 is 1.24 bits per heavy atom. The van der Waals surface area contributed by atoms with E-state index in [2.05, 4.69) is 29.1 Å². The van der Waals surface area contributed by atoms with E-state index in [-0.39, 0.29) is 5.56 Å². The molecule has 0 spiro atoms. The van der Waals surface area contributed by atoms with E-state index >= 15 is 0 Å². The van der Waals surface area contributed by atoms with Crippen LogP contribution in [0.15, 0.2) is 42.6 Å². The smallest absolute Gasteiger partial charge is 0.335 e. The third-order valence-corrected chi connectivity index (χ3v) is 3.76. The topological polar surface area (TPSA) is 75.1 Å². The maximum Gasteiger partial charge on any atom is 0.335 e. The summed E-state index contributed by atoms with van der Waals surface area (Å²) in [6, 6.07) is 9.64. The molecule has 0 aliphatic heterocycles. The van der Waals surface area contributed by atoms with Crippen LogP contribution in [0.3, 0.4) is 0 Å². The molecule has 0 saturated carbocycles. The monoisotopic (exact) mass is 339 g/mol. The molecule has 0 radical (unpaired) electrons. The number of aromatic carboxylic acids is 1. The predicted molar refractivity (Wildman–Crippen MR) is 95.2 cm³/mol. The molecule has 25 heavy (non-hydrogen) atoms. The first-order valence-electron chi connectivity index (χ1n) is 7.98. The average Bonchev–Trinajstić information content (AvgIpc) is 2.58. The first-order valence-corrected chi connectivity index (χ1v) is 7.98. The highest BCUT2D eigenvalue weighted by atomic mass is 19.1. The number of carboxylic acids is 1. The van der Waals surface area contributed by atoms with Crippen molar-refractivity contribution in [1.82, 2.24) is 9.97 Å². The van der Waals surface area contributed by atoms with Crippen LogP contribution in [0.1, 0.15) is 24.2 Å². The minimum atomic E-state index is -0.987. The number of hydrogen-bond acceptors (Lipinski definition) is 4. The summed E-state index contributed by atoms with van der Waals surface area (Å²) >= 11 is 0. The minimum Gasteiger partial charge on any atom is -0.478 e. The van der Waals surface area contributed by atoms with E-state index in [9.17, 15) is 9.18 Å². The van der Waals surface area contributed by atoms with Gasteiger partial charge in [0, 0.05) is 29.8 Å². The SMILES string of the molecule is CC(C)CNc1cc2cc(C(=O)O)ccc2nc1-c1ccnc(F)c1. The van der Waals surface area contributed by atoms with Crippen molar-refractivity contribution in [3.8, 4) is 11.3 Å². The molecule has 0 bridgehead atoms. The van der Waals surface area contributed by atoms with Gasteiger partial charge in [-0.1, -0.05) is 13.8 Å². The Labute approximate surface area is 144 Å². The molecule has 3 rings (SSSR count). The lowest BCUT2D eigenvalue weighted by atomic mass is 10.1. The molecule has 0 fully saturated rings. The number of nitrogens with one attached hydrogen (secondary N) is 1. The quantitative estimate of drug-likeness (QED) is 0.681. The van der Waals surface area contributed by atoms with Crippen LogP contribution >= 0.6 is 0 Å². The second-order valence-corrected chi connectivity index (χ2v) is 6.24. The van der Waals surface area contributed by atoms with Gasteiger partial charge in [0.2, 0.25) is 5.95 Å². The zero-order valence-electron chi connectivity index (χ0n) is 14.0. The number of pyridine rings is 2. The predicted octanol–water partition coefficient (Wildman–Crippen LogP) is 4.20. The fourth-order valence-electron chi connectivity index (χ4n) is 2.53. The van der Waals surface area contributed by atoms with Gasteiger partial charge in [0.05, 0.1) is 22.5 Å². The number of benzene rings is 1. The van der Waals surface area contributed by atoms with E-state index < -0.39 is 11.9 Å². The van der Waals surface area contributed by atoms with Crippen molar-refractivity contribution in [3.05, 3.63) is 54.1 Å². The Balaban J connectivity index is 2.17. The lowest BCUT2D eigenvalue weighted by Crippen LogP contribution is -2.09. The highest BCUT2D eigenvalue weighted by molar-refractivity contribution is 5.95. The van der Waals surface area contributed by atoms with Crippen LogP contribution in [0.5, 0.6) is 0 Å². The van der Waals surface area contributed by atoms with Gasteiger partial charge in [-0.25, -0.2) is 14.8 Å². The summed E-state index contributed by atoms with van der Waals surface area (Å²) in [6.07, 6.45) is 1.40.